The van der Waals surface area contributed by atoms with E-state index in [4.69, 9.17) is 11.6 Å². The fourth-order valence-electron chi connectivity index (χ4n) is 1.28. The molecule has 5 nitrogen and oxygen atoms in total. The first-order chi connectivity index (χ1) is 6.79. The van der Waals surface area contributed by atoms with Crippen molar-refractivity contribution in [2.75, 3.05) is 30.5 Å². The number of hydrogen-bond acceptors (Lipinski definition) is 4. The number of sulfone groups is 1. The molecule has 0 amide bonds. The second kappa shape index (κ2) is 4.57. The van der Waals surface area contributed by atoms with Gasteiger partial charge in [-0.1, -0.05) is 0 Å². The maximum Gasteiger partial charge on any atom is 0.217 e. The normalized spacial score (nSPS) is 24.9. The monoisotopic (exact) mass is 275 g/mol. The van der Waals surface area contributed by atoms with E-state index in [9.17, 15) is 16.8 Å². The van der Waals surface area contributed by atoms with E-state index in [1.54, 1.807) is 0 Å². The molecule has 1 aliphatic rings. The van der Waals surface area contributed by atoms with Crippen molar-refractivity contribution in [1.82, 2.24) is 4.31 Å². The van der Waals surface area contributed by atoms with Crippen LogP contribution in [0.2, 0.25) is 0 Å². The predicted molar refractivity (Wildman–Crippen MR) is 59.3 cm³/mol. The average Bonchev–Trinajstić information content (AvgIpc) is 2.15. The highest BCUT2D eigenvalue weighted by atomic mass is 35.5. The summed E-state index contributed by atoms with van der Waals surface area (Å²) < 4.78 is 47.0. The molecule has 1 heterocycles. The first-order valence-electron chi connectivity index (χ1n) is 4.55. The molecule has 0 aromatic rings. The van der Waals surface area contributed by atoms with Gasteiger partial charge < -0.3 is 0 Å². The molecule has 0 N–H and O–H groups in total. The van der Waals surface area contributed by atoms with Gasteiger partial charge in [-0.2, -0.15) is 4.31 Å². The Hall–Kier alpha value is 0.150. The molecule has 1 atom stereocenters. The molecule has 8 heteroatoms. The van der Waals surface area contributed by atoms with Crippen LogP contribution in [-0.4, -0.2) is 56.9 Å². The fourth-order valence-corrected chi connectivity index (χ4v) is 4.55. The van der Waals surface area contributed by atoms with Crippen LogP contribution in [0, 0.1) is 0 Å². The molecule has 1 unspecified atom stereocenters. The van der Waals surface area contributed by atoms with Crippen molar-refractivity contribution in [3.63, 3.8) is 0 Å². The first-order valence-corrected chi connectivity index (χ1v) is 8.41. The van der Waals surface area contributed by atoms with Crippen LogP contribution in [0.3, 0.4) is 0 Å². The van der Waals surface area contributed by atoms with Crippen molar-refractivity contribution in [2.24, 2.45) is 0 Å². The Labute approximate surface area is 95.4 Å². The Morgan fingerprint density at radius 3 is 2.20 bits per heavy atom. The molecule has 1 rings (SSSR count). The molecule has 1 aliphatic heterocycles. The molecule has 0 bridgehead atoms. The largest absolute Gasteiger partial charge is 0.229 e. The zero-order valence-corrected chi connectivity index (χ0v) is 10.8. The number of halogens is 1. The summed E-state index contributed by atoms with van der Waals surface area (Å²) in [6, 6.07) is 0. The average molecular weight is 276 g/mol. The van der Waals surface area contributed by atoms with E-state index in [-0.39, 0.29) is 30.5 Å². The minimum absolute atomic E-state index is 0.0194. The van der Waals surface area contributed by atoms with Crippen molar-refractivity contribution >= 4 is 31.5 Å². The number of alkyl halides is 1. The highest BCUT2D eigenvalue weighted by Gasteiger charge is 2.33. The molecule has 0 spiro atoms. The van der Waals surface area contributed by atoms with Crippen LogP contribution < -0.4 is 0 Å². The van der Waals surface area contributed by atoms with Crippen molar-refractivity contribution in [3.8, 4) is 0 Å². The van der Waals surface area contributed by atoms with Gasteiger partial charge in [-0.25, -0.2) is 16.8 Å². The zero-order valence-electron chi connectivity index (χ0n) is 8.39. The third-order valence-electron chi connectivity index (χ3n) is 2.39. The molecular weight excluding hydrogens is 262 g/mol. The fraction of sp³-hybridized carbons (Fsp3) is 1.00. The Morgan fingerprint density at radius 1 is 1.33 bits per heavy atom. The molecule has 1 fully saturated rings. The lowest BCUT2D eigenvalue weighted by Gasteiger charge is -2.28. The smallest absolute Gasteiger partial charge is 0.217 e. The number of sulfonamides is 1. The molecule has 0 aromatic heterocycles. The summed E-state index contributed by atoms with van der Waals surface area (Å²) in [6.45, 7) is 1.61. The summed E-state index contributed by atoms with van der Waals surface area (Å²) >= 11 is 5.49. The quantitative estimate of drug-likeness (QED) is 0.662. The molecule has 0 aliphatic carbocycles. The van der Waals surface area contributed by atoms with Crippen LogP contribution >= 0.6 is 11.6 Å². The lowest BCUT2D eigenvalue weighted by atomic mass is 10.6. The SMILES string of the molecule is CC(CCl)S(=O)(=O)N1CCS(=O)(=O)CC1. The summed E-state index contributed by atoms with van der Waals surface area (Å²) in [7, 11) is -6.47. The molecule has 0 aromatic carbocycles. The lowest BCUT2D eigenvalue weighted by Crippen LogP contribution is -2.47. The third-order valence-corrected chi connectivity index (χ3v) is 6.91. The Kier molecular flexibility index (Phi) is 4.02. The van der Waals surface area contributed by atoms with Crippen LogP contribution in [-0.2, 0) is 19.9 Å². The summed E-state index contributed by atoms with van der Waals surface area (Å²) in [5, 5.41) is -0.667. The third kappa shape index (κ3) is 3.05. The van der Waals surface area contributed by atoms with E-state index < -0.39 is 25.1 Å². The molecule has 90 valence electrons. The minimum atomic E-state index is -3.43. The summed E-state index contributed by atoms with van der Waals surface area (Å²) in [6.07, 6.45) is 0. The maximum atomic E-state index is 11.8. The van der Waals surface area contributed by atoms with Gasteiger partial charge in [0, 0.05) is 19.0 Å². The van der Waals surface area contributed by atoms with Gasteiger partial charge in [0.1, 0.15) is 0 Å². The zero-order chi connectivity index (χ0) is 11.7. The first kappa shape index (κ1) is 13.2. The van der Waals surface area contributed by atoms with Gasteiger partial charge in [-0.3, -0.25) is 0 Å². The van der Waals surface area contributed by atoms with Crippen molar-refractivity contribution in [2.45, 2.75) is 12.2 Å². The van der Waals surface area contributed by atoms with Crippen LogP contribution in [0.4, 0.5) is 0 Å². The van der Waals surface area contributed by atoms with Crippen LogP contribution in [0.1, 0.15) is 6.92 Å². The predicted octanol–water partition coefficient (Wildman–Crippen LogP) is -0.326. The Balaban J connectivity index is 2.77. The van der Waals surface area contributed by atoms with E-state index in [2.05, 4.69) is 0 Å². The summed E-state index contributed by atoms with van der Waals surface area (Å²) in [5.74, 6) is -0.173. The topological polar surface area (TPSA) is 71.5 Å². The minimum Gasteiger partial charge on any atom is -0.229 e. The van der Waals surface area contributed by atoms with Gasteiger partial charge in [0.25, 0.3) is 0 Å². The maximum absolute atomic E-state index is 11.8. The molecule has 15 heavy (non-hydrogen) atoms. The Bertz CT molecular complexity index is 402. The Morgan fingerprint density at radius 2 is 1.80 bits per heavy atom. The van der Waals surface area contributed by atoms with E-state index in [0.29, 0.717) is 0 Å². The summed E-state index contributed by atoms with van der Waals surface area (Å²) in [5.41, 5.74) is 0. The van der Waals surface area contributed by atoms with Crippen LogP contribution in [0.25, 0.3) is 0 Å². The lowest BCUT2D eigenvalue weighted by molar-refractivity contribution is 0.426. The van der Waals surface area contributed by atoms with Gasteiger partial charge in [0.15, 0.2) is 9.84 Å². The molecule has 0 saturated carbocycles. The summed E-state index contributed by atoms with van der Waals surface area (Å²) in [4.78, 5) is 0. The van der Waals surface area contributed by atoms with E-state index >= 15 is 0 Å². The van der Waals surface area contributed by atoms with Crippen molar-refractivity contribution in [3.05, 3.63) is 0 Å². The van der Waals surface area contributed by atoms with Gasteiger partial charge in [0.2, 0.25) is 10.0 Å². The molecular formula is C7H14ClNO4S2. The van der Waals surface area contributed by atoms with Crippen molar-refractivity contribution < 1.29 is 16.8 Å². The van der Waals surface area contributed by atoms with Crippen LogP contribution in [0.5, 0.6) is 0 Å². The number of nitrogens with zero attached hydrogens (tertiary/aromatic N) is 1. The molecule has 0 radical (unpaired) electrons. The molecule has 1 saturated heterocycles. The van der Waals surface area contributed by atoms with E-state index in [1.807, 2.05) is 0 Å². The number of hydrogen-bond donors (Lipinski definition) is 0. The number of rotatable bonds is 3. The highest BCUT2D eigenvalue weighted by molar-refractivity contribution is 7.92. The van der Waals surface area contributed by atoms with Gasteiger partial charge in [-0.15, -0.1) is 11.6 Å². The highest BCUT2D eigenvalue weighted by Crippen LogP contribution is 2.14. The second-order valence-corrected chi connectivity index (χ2v) is 8.52. The van der Waals surface area contributed by atoms with Gasteiger partial charge in [-0.05, 0) is 6.92 Å². The standard InChI is InChI=1S/C7H14ClNO4S2/c1-7(6-8)15(12,13)9-2-4-14(10,11)5-3-9/h7H,2-6H2,1H3. The van der Waals surface area contributed by atoms with Gasteiger partial charge >= 0.3 is 0 Å². The second-order valence-electron chi connectivity index (χ2n) is 3.56. The van der Waals surface area contributed by atoms with E-state index in [1.165, 1.54) is 11.2 Å². The van der Waals surface area contributed by atoms with Crippen LogP contribution in [0.15, 0.2) is 0 Å². The van der Waals surface area contributed by atoms with E-state index in [0.717, 1.165) is 0 Å². The van der Waals surface area contributed by atoms with Crippen molar-refractivity contribution in [1.29, 1.82) is 0 Å². The van der Waals surface area contributed by atoms with Gasteiger partial charge in [0.05, 0.1) is 16.8 Å².